The number of rotatable bonds is 5. The van der Waals surface area contributed by atoms with E-state index in [-0.39, 0.29) is 0 Å². The highest BCUT2D eigenvalue weighted by atomic mass is 79.9. The van der Waals surface area contributed by atoms with E-state index in [1.807, 2.05) is 25.3 Å². The summed E-state index contributed by atoms with van der Waals surface area (Å²) in [5, 5.41) is 0. The Bertz CT molecular complexity index is 624. The highest BCUT2D eigenvalue weighted by molar-refractivity contribution is 9.10. The molecule has 1 aliphatic heterocycles. The van der Waals surface area contributed by atoms with Crippen LogP contribution in [0, 0.1) is 0 Å². The maximum atomic E-state index is 5.58. The van der Waals surface area contributed by atoms with Gasteiger partial charge in [-0.15, -0.1) is 0 Å². The number of aromatic nitrogens is 1. The Balaban J connectivity index is 1.54. The first-order valence-electron chi connectivity index (χ1n) is 8.05. The maximum Gasteiger partial charge on any atom is 0.128 e. The van der Waals surface area contributed by atoms with Crippen LogP contribution in [-0.4, -0.2) is 42.7 Å². The van der Waals surface area contributed by atoms with Crippen molar-refractivity contribution in [3.8, 4) is 5.75 Å². The average Bonchev–Trinajstić information content (AvgIpc) is 2.57. The van der Waals surface area contributed by atoms with Crippen LogP contribution in [0.15, 0.2) is 47.1 Å². The Hall–Kier alpha value is -1.59. The summed E-state index contributed by atoms with van der Waals surface area (Å²) in [7, 11) is 0. The molecule has 1 fully saturated rings. The molecule has 0 spiro atoms. The van der Waals surface area contributed by atoms with E-state index in [0.717, 1.165) is 48.8 Å². The summed E-state index contributed by atoms with van der Waals surface area (Å²) in [5.74, 6) is 2.02. The molecule has 122 valence electrons. The van der Waals surface area contributed by atoms with E-state index in [0.29, 0.717) is 6.61 Å². The summed E-state index contributed by atoms with van der Waals surface area (Å²) in [5.41, 5.74) is 1.31. The Morgan fingerprint density at radius 3 is 2.65 bits per heavy atom. The summed E-state index contributed by atoms with van der Waals surface area (Å²) in [6.45, 7) is 7.83. The highest BCUT2D eigenvalue weighted by Crippen LogP contribution is 2.19. The quantitative estimate of drug-likeness (QED) is 0.798. The average molecular weight is 376 g/mol. The van der Waals surface area contributed by atoms with E-state index in [2.05, 4.69) is 55.0 Å². The number of hydrogen-bond acceptors (Lipinski definition) is 4. The molecule has 0 unspecified atom stereocenters. The summed E-state index contributed by atoms with van der Waals surface area (Å²) < 4.78 is 6.60. The predicted octanol–water partition coefficient (Wildman–Crippen LogP) is 3.57. The van der Waals surface area contributed by atoms with Crippen LogP contribution in [0.2, 0.25) is 0 Å². The van der Waals surface area contributed by atoms with Gasteiger partial charge in [0.2, 0.25) is 0 Å². The van der Waals surface area contributed by atoms with E-state index in [1.165, 1.54) is 5.56 Å². The number of pyridine rings is 1. The van der Waals surface area contributed by atoms with Crippen molar-refractivity contribution >= 4 is 21.7 Å². The Morgan fingerprint density at radius 2 is 1.96 bits per heavy atom. The Labute approximate surface area is 146 Å². The summed E-state index contributed by atoms with van der Waals surface area (Å²) >= 11 is 3.43. The number of benzene rings is 1. The van der Waals surface area contributed by atoms with Crippen molar-refractivity contribution in [3.63, 3.8) is 0 Å². The van der Waals surface area contributed by atoms with Crippen molar-refractivity contribution in [1.29, 1.82) is 0 Å². The minimum Gasteiger partial charge on any atom is -0.494 e. The van der Waals surface area contributed by atoms with Crippen molar-refractivity contribution < 1.29 is 4.74 Å². The van der Waals surface area contributed by atoms with Crippen molar-refractivity contribution in [2.75, 3.05) is 37.7 Å². The molecule has 1 saturated heterocycles. The van der Waals surface area contributed by atoms with Gasteiger partial charge in [-0.2, -0.15) is 0 Å². The van der Waals surface area contributed by atoms with Gasteiger partial charge in [0.1, 0.15) is 11.6 Å². The van der Waals surface area contributed by atoms with Gasteiger partial charge >= 0.3 is 0 Å². The lowest BCUT2D eigenvalue weighted by atomic mass is 10.2. The topological polar surface area (TPSA) is 28.6 Å². The van der Waals surface area contributed by atoms with Gasteiger partial charge < -0.3 is 9.64 Å². The summed E-state index contributed by atoms with van der Waals surface area (Å²) in [6.07, 6.45) is 1.86. The third kappa shape index (κ3) is 4.45. The number of anilines is 1. The van der Waals surface area contributed by atoms with E-state index in [1.54, 1.807) is 0 Å². The molecule has 23 heavy (non-hydrogen) atoms. The lowest BCUT2D eigenvalue weighted by Gasteiger charge is -2.35. The largest absolute Gasteiger partial charge is 0.494 e. The zero-order chi connectivity index (χ0) is 16.1. The second-order valence-electron chi connectivity index (χ2n) is 5.68. The number of piperazine rings is 1. The molecule has 2 aromatic rings. The smallest absolute Gasteiger partial charge is 0.128 e. The van der Waals surface area contributed by atoms with Gasteiger partial charge in [-0.3, -0.25) is 4.90 Å². The molecule has 2 heterocycles. The molecule has 0 aliphatic carbocycles. The first kappa shape index (κ1) is 16.3. The molecule has 0 saturated carbocycles. The first-order valence-corrected chi connectivity index (χ1v) is 8.84. The molecular weight excluding hydrogens is 354 g/mol. The van der Waals surface area contributed by atoms with Gasteiger partial charge in [-0.1, -0.05) is 12.1 Å². The second kappa shape index (κ2) is 7.79. The highest BCUT2D eigenvalue weighted by Gasteiger charge is 2.18. The molecule has 0 atom stereocenters. The first-order chi connectivity index (χ1) is 11.2. The van der Waals surface area contributed by atoms with E-state index < -0.39 is 0 Å². The van der Waals surface area contributed by atoms with Crippen LogP contribution in [0.5, 0.6) is 5.75 Å². The molecule has 0 radical (unpaired) electrons. The zero-order valence-electron chi connectivity index (χ0n) is 13.4. The number of halogens is 1. The Morgan fingerprint density at radius 1 is 1.13 bits per heavy atom. The molecule has 0 amide bonds. The summed E-state index contributed by atoms with van der Waals surface area (Å²) in [4.78, 5) is 9.32. The van der Waals surface area contributed by atoms with E-state index in [9.17, 15) is 0 Å². The van der Waals surface area contributed by atoms with Crippen LogP contribution in [0.25, 0.3) is 0 Å². The van der Waals surface area contributed by atoms with Crippen LogP contribution in [-0.2, 0) is 6.54 Å². The number of ether oxygens (including phenoxy) is 1. The maximum absolute atomic E-state index is 5.58. The van der Waals surface area contributed by atoms with Crippen molar-refractivity contribution in [3.05, 3.63) is 52.6 Å². The third-order valence-electron chi connectivity index (χ3n) is 4.02. The van der Waals surface area contributed by atoms with E-state index >= 15 is 0 Å². The standard InChI is InChI=1S/C18H22BrN3O/c1-2-23-17-5-3-4-15(12-17)14-21-8-10-22(11-9-21)18-7-6-16(19)13-20-18/h3-7,12-13H,2,8-11,14H2,1H3. The number of nitrogens with zero attached hydrogens (tertiary/aromatic N) is 3. The van der Waals surface area contributed by atoms with Crippen LogP contribution in [0.3, 0.4) is 0 Å². The minimum absolute atomic E-state index is 0.711. The lowest BCUT2D eigenvalue weighted by molar-refractivity contribution is 0.248. The predicted molar refractivity (Wildman–Crippen MR) is 97.0 cm³/mol. The Kier molecular flexibility index (Phi) is 5.51. The van der Waals surface area contributed by atoms with E-state index in [4.69, 9.17) is 4.74 Å². The van der Waals surface area contributed by atoms with Crippen LogP contribution < -0.4 is 9.64 Å². The van der Waals surface area contributed by atoms with Gasteiger partial charge in [-0.25, -0.2) is 4.98 Å². The summed E-state index contributed by atoms with van der Waals surface area (Å²) in [6, 6.07) is 12.5. The second-order valence-corrected chi connectivity index (χ2v) is 6.59. The molecule has 4 nitrogen and oxygen atoms in total. The molecule has 1 aromatic carbocycles. The van der Waals surface area contributed by atoms with Crippen molar-refractivity contribution in [2.45, 2.75) is 13.5 Å². The molecule has 1 aromatic heterocycles. The van der Waals surface area contributed by atoms with Gasteiger partial charge in [0.15, 0.2) is 0 Å². The molecular formula is C18H22BrN3O. The fourth-order valence-corrected chi connectivity index (χ4v) is 3.08. The molecule has 1 aliphatic rings. The van der Waals surface area contributed by atoms with Crippen LogP contribution in [0.4, 0.5) is 5.82 Å². The molecule has 5 heteroatoms. The third-order valence-corrected chi connectivity index (χ3v) is 4.49. The molecule has 0 bridgehead atoms. The van der Waals surface area contributed by atoms with Crippen molar-refractivity contribution in [2.24, 2.45) is 0 Å². The lowest BCUT2D eigenvalue weighted by Crippen LogP contribution is -2.46. The van der Waals surface area contributed by atoms with Crippen LogP contribution >= 0.6 is 15.9 Å². The fourth-order valence-electron chi connectivity index (χ4n) is 2.85. The molecule has 0 N–H and O–H groups in total. The van der Waals surface area contributed by atoms with Crippen molar-refractivity contribution in [1.82, 2.24) is 9.88 Å². The SMILES string of the molecule is CCOc1cccc(CN2CCN(c3ccc(Br)cn3)CC2)c1. The van der Waals surface area contributed by atoms with Gasteiger partial charge in [-0.05, 0) is 52.7 Å². The minimum atomic E-state index is 0.711. The van der Waals surface area contributed by atoms with Crippen LogP contribution in [0.1, 0.15) is 12.5 Å². The normalized spacial score (nSPS) is 15.7. The molecule has 3 rings (SSSR count). The van der Waals surface area contributed by atoms with Gasteiger partial charge in [0.25, 0.3) is 0 Å². The van der Waals surface area contributed by atoms with Gasteiger partial charge in [0.05, 0.1) is 6.61 Å². The number of hydrogen-bond donors (Lipinski definition) is 0. The zero-order valence-corrected chi connectivity index (χ0v) is 15.0. The monoisotopic (exact) mass is 375 g/mol. The fraction of sp³-hybridized carbons (Fsp3) is 0.389. The van der Waals surface area contributed by atoms with Gasteiger partial charge in [0, 0.05) is 43.4 Å².